The lowest BCUT2D eigenvalue weighted by atomic mass is 10.0. The normalized spacial score (nSPS) is 11.2. The number of ether oxygens (including phenoxy) is 2. The van der Waals surface area contributed by atoms with Crippen LogP contribution in [0.1, 0.15) is 5.56 Å². The summed E-state index contributed by atoms with van der Waals surface area (Å²) in [7, 11) is 1.54. The standard InChI is InChI=1S/C27H21F2N3O3S/c1-34-12-13-35-26-19(5-4-6-21(26)28)25-27-20(10-14-36-27)24(30-31-25)18-9-8-17(15-22(18)29)16-32-11-3-2-7-23(32)33/h2-11,14-15H,12-13,16H2,1H3. The van der Waals surface area contributed by atoms with E-state index in [-0.39, 0.29) is 30.0 Å². The maximum absolute atomic E-state index is 15.3. The Morgan fingerprint density at radius 2 is 1.78 bits per heavy atom. The molecule has 5 rings (SSSR count). The van der Waals surface area contributed by atoms with E-state index in [1.165, 1.54) is 41.2 Å². The Morgan fingerprint density at radius 3 is 2.58 bits per heavy atom. The number of hydrogen-bond donors (Lipinski definition) is 0. The highest BCUT2D eigenvalue weighted by Gasteiger charge is 2.20. The number of para-hydroxylation sites is 1. The molecule has 9 heteroatoms. The van der Waals surface area contributed by atoms with Crippen LogP contribution in [-0.2, 0) is 11.3 Å². The molecule has 0 radical (unpaired) electrons. The molecule has 6 nitrogen and oxygen atoms in total. The van der Waals surface area contributed by atoms with E-state index in [1.54, 1.807) is 42.6 Å². The van der Waals surface area contributed by atoms with Crippen LogP contribution < -0.4 is 10.3 Å². The smallest absolute Gasteiger partial charge is 0.250 e. The van der Waals surface area contributed by atoms with Gasteiger partial charge in [0.2, 0.25) is 0 Å². The molecule has 0 N–H and O–H groups in total. The van der Waals surface area contributed by atoms with Crippen LogP contribution in [0.3, 0.4) is 0 Å². The van der Waals surface area contributed by atoms with Gasteiger partial charge in [0.25, 0.3) is 5.56 Å². The Morgan fingerprint density at radius 1 is 0.917 bits per heavy atom. The third kappa shape index (κ3) is 4.62. The van der Waals surface area contributed by atoms with Gasteiger partial charge in [-0.25, -0.2) is 8.78 Å². The molecule has 0 amide bonds. The van der Waals surface area contributed by atoms with Crippen LogP contribution in [0.25, 0.3) is 32.6 Å². The second-order valence-corrected chi connectivity index (χ2v) is 8.92. The molecule has 3 heterocycles. The maximum Gasteiger partial charge on any atom is 0.250 e. The molecule has 0 atom stereocenters. The van der Waals surface area contributed by atoms with Crippen molar-refractivity contribution in [2.75, 3.05) is 20.3 Å². The summed E-state index contributed by atoms with van der Waals surface area (Å²) in [5, 5.41) is 11.3. The quantitative estimate of drug-likeness (QED) is 0.259. The molecule has 0 bridgehead atoms. The van der Waals surface area contributed by atoms with E-state index in [0.29, 0.717) is 34.5 Å². The van der Waals surface area contributed by atoms with E-state index in [9.17, 15) is 9.18 Å². The zero-order valence-corrected chi connectivity index (χ0v) is 20.1. The number of nitrogens with zero attached hydrogens (tertiary/aromatic N) is 3. The average Bonchev–Trinajstić information content (AvgIpc) is 3.37. The SMILES string of the molecule is COCCOc1c(F)cccc1-c1nnc(-c2ccc(Cn3ccccc3=O)cc2F)c2ccsc12. The molecule has 0 aliphatic heterocycles. The minimum absolute atomic E-state index is 0.0676. The van der Waals surface area contributed by atoms with Crippen LogP contribution in [0.5, 0.6) is 5.75 Å². The predicted molar refractivity (Wildman–Crippen MR) is 135 cm³/mol. The highest BCUT2D eigenvalue weighted by Crippen LogP contribution is 2.40. The molecule has 5 aromatic rings. The Bertz CT molecular complexity index is 1600. The van der Waals surface area contributed by atoms with Gasteiger partial charge in [-0.15, -0.1) is 21.5 Å². The third-order valence-electron chi connectivity index (χ3n) is 5.68. The van der Waals surface area contributed by atoms with Crippen molar-refractivity contribution in [1.82, 2.24) is 14.8 Å². The lowest BCUT2D eigenvalue weighted by Crippen LogP contribution is -2.18. The van der Waals surface area contributed by atoms with Crippen molar-refractivity contribution >= 4 is 21.4 Å². The van der Waals surface area contributed by atoms with Gasteiger partial charge >= 0.3 is 0 Å². The number of hydrogen-bond acceptors (Lipinski definition) is 6. The van der Waals surface area contributed by atoms with E-state index in [2.05, 4.69) is 10.2 Å². The lowest BCUT2D eigenvalue weighted by molar-refractivity contribution is 0.144. The van der Waals surface area contributed by atoms with Gasteiger partial charge in [0.1, 0.15) is 23.8 Å². The van der Waals surface area contributed by atoms with Crippen molar-refractivity contribution in [3.05, 3.63) is 99.8 Å². The number of methoxy groups -OCH3 is 1. The van der Waals surface area contributed by atoms with Gasteiger partial charge in [-0.1, -0.05) is 18.2 Å². The monoisotopic (exact) mass is 505 g/mol. The topological polar surface area (TPSA) is 66.2 Å². The number of aromatic nitrogens is 3. The van der Waals surface area contributed by atoms with Crippen molar-refractivity contribution in [3.63, 3.8) is 0 Å². The minimum Gasteiger partial charge on any atom is -0.487 e. The number of rotatable bonds is 8. The summed E-state index contributed by atoms with van der Waals surface area (Å²) in [6, 6.07) is 16.1. The van der Waals surface area contributed by atoms with Crippen LogP contribution in [-0.4, -0.2) is 35.1 Å². The molecular weight excluding hydrogens is 484 g/mol. The molecule has 2 aromatic carbocycles. The van der Waals surface area contributed by atoms with Gasteiger partial charge in [-0.2, -0.15) is 0 Å². The Hall–Kier alpha value is -3.95. The summed E-state index contributed by atoms with van der Waals surface area (Å²) in [4.78, 5) is 12.0. The maximum atomic E-state index is 15.3. The summed E-state index contributed by atoms with van der Waals surface area (Å²) in [6.45, 7) is 0.734. The van der Waals surface area contributed by atoms with Crippen molar-refractivity contribution in [3.8, 4) is 28.3 Å². The average molecular weight is 506 g/mol. The molecule has 0 spiro atoms. The summed E-state index contributed by atoms with van der Waals surface area (Å²) in [5.74, 6) is -0.920. The molecule has 36 heavy (non-hydrogen) atoms. The second kappa shape index (κ2) is 10.3. The number of thiophene rings is 1. The molecular formula is C27H21F2N3O3S. The van der Waals surface area contributed by atoms with Gasteiger partial charge in [-0.3, -0.25) is 4.79 Å². The molecule has 0 aliphatic carbocycles. The zero-order chi connectivity index (χ0) is 25.1. The predicted octanol–water partition coefficient (Wildman–Crippen LogP) is 5.54. The van der Waals surface area contributed by atoms with Crippen molar-refractivity contribution in [2.24, 2.45) is 0 Å². The fraction of sp³-hybridized carbons (Fsp3) is 0.148. The van der Waals surface area contributed by atoms with Gasteiger partial charge < -0.3 is 14.0 Å². The van der Waals surface area contributed by atoms with E-state index < -0.39 is 11.6 Å². The first kappa shape index (κ1) is 23.8. The van der Waals surface area contributed by atoms with Crippen molar-refractivity contribution < 1.29 is 18.3 Å². The summed E-state index contributed by atoms with van der Waals surface area (Å²) < 4.78 is 42.8. The first-order valence-electron chi connectivity index (χ1n) is 11.2. The molecule has 182 valence electrons. The molecule has 0 unspecified atom stereocenters. The second-order valence-electron chi connectivity index (χ2n) is 8.00. The zero-order valence-electron chi connectivity index (χ0n) is 19.3. The summed E-state index contributed by atoms with van der Waals surface area (Å²) >= 11 is 1.41. The number of benzene rings is 2. The molecule has 3 aromatic heterocycles. The highest BCUT2D eigenvalue weighted by molar-refractivity contribution is 7.17. The fourth-order valence-corrected chi connectivity index (χ4v) is 4.85. The largest absolute Gasteiger partial charge is 0.487 e. The Labute approximate surface area is 209 Å². The van der Waals surface area contributed by atoms with Crippen LogP contribution in [0.2, 0.25) is 0 Å². The molecule has 0 saturated heterocycles. The molecule has 0 saturated carbocycles. The van der Waals surface area contributed by atoms with Crippen LogP contribution in [0.15, 0.2) is 77.0 Å². The van der Waals surface area contributed by atoms with Crippen molar-refractivity contribution in [2.45, 2.75) is 6.54 Å². The van der Waals surface area contributed by atoms with Crippen LogP contribution >= 0.6 is 11.3 Å². The summed E-state index contributed by atoms with van der Waals surface area (Å²) in [5.41, 5.74) is 2.07. The molecule has 0 aliphatic rings. The van der Waals surface area contributed by atoms with E-state index in [4.69, 9.17) is 9.47 Å². The highest BCUT2D eigenvalue weighted by atomic mass is 32.1. The Kier molecular flexibility index (Phi) is 6.84. The fourth-order valence-electron chi connectivity index (χ4n) is 3.96. The number of pyridine rings is 1. The van der Waals surface area contributed by atoms with Gasteiger partial charge in [0.15, 0.2) is 11.6 Å². The van der Waals surface area contributed by atoms with Crippen LogP contribution in [0, 0.1) is 11.6 Å². The molecule has 0 fully saturated rings. The van der Waals surface area contributed by atoms with E-state index in [0.717, 1.165) is 4.70 Å². The minimum atomic E-state index is -0.515. The van der Waals surface area contributed by atoms with E-state index in [1.807, 2.05) is 11.4 Å². The Balaban J connectivity index is 1.53. The number of fused-ring (bicyclic) bond motifs is 1. The first-order valence-corrected chi connectivity index (χ1v) is 12.0. The summed E-state index contributed by atoms with van der Waals surface area (Å²) in [6.07, 6.45) is 1.66. The van der Waals surface area contributed by atoms with Crippen molar-refractivity contribution in [1.29, 1.82) is 0 Å². The van der Waals surface area contributed by atoms with E-state index >= 15 is 4.39 Å². The van der Waals surface area contributed by atoms with Gasteiger partial charge in [0, 0.05) is 35.9 Å². The first-order chi connectivity index (χ1) is 17.6. The number of halogens is 2. The lowest BCUT2D eigenvalue weighted by Gasteiger charge is -2.13. The third-order valence-corrected chi connectivity index (χ3v) is 6.60. The van der Waals surface area contributed by atoms with Gasteiger partial charge in [0.05, 0.1) is 17.9 Å². The van der Waals surface area contributed by atoms with Crippen LogP contribution in [0.4, 0.5) is 8.78 Å². The van der Waals surface area contributed by atoms with Gasteiger partial charge in [-0.05, 0) is 47.3 Å².